The Labute approximate surface area is 119 Å². The molecular formula is C13H12ClN3OS. The molecule has 0 atom stereocenters. The van der Waals surface area contributed by atoms with Crippen LogP contribution in [0.25, 0.3) is 0 Å². The zero-order chi connectivity index (χ0) is 13.2. The number of hydrogen-bond acceptors (Lipinski definition) is 4. The summed E-state index contributed by atoms with van der Waals surface area (Å²) in [7, 11) is 0. The lowest BCUT2D eigenvalue weighted by atomic mass is 9.98. The second kappa shape index (κ2) is 5.19. The van der Waals surface area contributed by atoms with Crippen molar-refractivity contribution in [3.8, 4) is 0 Å². The molecule has 0 fully saturated rings. The largest absolute Gasteiger partial charge is 0.380 e. The predicted molar refractivity (Wildman–Crippen MR) is 76.4 cm³/mol. The molecule has 98 valence electrons. The molecule has 2 aromatic rings. The van der Waals surface area contributed by atoms with E-state index in [1.807, 2.05) is 18.2 Å². The van der Waals surface area contributed by atoms with Crippen molar-refractivity contribution in [1.29, 1.82) is 0 Å². The Morgan fingerprint density at radius 3 is 3.16 bits per heavy atom. The number of nitrogens with one attached hydrogen (secondary N) is 2. The van der Waals surface area contributed by atoms with Crippen molar-refractivity contribution >= 4 is 34.5 Å². The number of anilines is 1. The van der Waals surface area contributed by atoms with E-state index in [2.05, 4.69) is 15.6 Å². The first kappa shape index (κ1) is 12.4. The summed E-state index contributed by atoms with van der Waals surface area (Å²) in [6.45, 7) is 1.28. The average Bonchev–Trinajstić information content (AvgIpc) is 2.82. The SMILES string of the molecule is O=C1Cc2c(cccc2NCc2cnc(Cl)s2)CN1. The summed E-state index contributed by atoms with van der Waals surface area (Å²) in [5.41, 5.74) is 3.27. The summed E-state index contributed by atoms with van der Waals surface area (Å²) in [5.74, 6) is 0.0718. The van der Waals surface area contributed by atoms with Crippen LogP contribution >= 0.6 is 22.9 Å². The maximum Gasteiger partial charge on any atom is 0.224 e. The van der Waals surface area contributed by atoms with Gasteiger partial charge in [-0.25, -0.2) is 4.98 Å². The molecule has 6 heteroatoms. The lowest BCUT2D eigenvalue weighted by Gasteiger charge is -2.20. The Kier molecular flexibility index (Phi) is 3.40. The average molecular weight is 294 g/mol. The lowest BCUT2D eigenvalue weighted by molar-refractivity contribution is -0.121. The van der Waals surface area contributed by atoms with Gasteiger partial charge < -0.3 is 10.6 Å². The molecule has 2 heterocycles. The molecule has 2 N–H and O–H groups in total. The van der Waals surface area contributed by atoms with Gasteiger partial charge in [0.1, 0.15) is 0 Å². The molecule has 4 nitrogen and oxygen atoms in total. The predicted octanol–water partition coefficient (Wildman–Crippen LogP) is 2.58. The summed E-state index contributed by atoms with van der Waals surface area (Å²) in [6, 6.07) is 6.04. The van der Waals surface area contributed by atoms with Gasteiger partial charge in [-0.05, 0) is 17.2 Å². The second-order valence-electron chi connectivity index (χ2n) is 4.33. The number of nitrogens with zero attached hydrogens (tertiary/aromatic N) is 1. The van der Waals surface area contributed by atoms with E-state index in [0.29, 0.717) is 24.0 Å². The van der Waals surface area contributed by atoms with Crippen molar-refractivity contribution in [2.75, 3.05) is 5.32 Å². The highest BCUT2D eigenvalue weighted by Crippen LogP contribution is 2.25. The molecular weight excluding hydrogens is 282 g/mol. The van der Waals surface area contributed by atoms with E-state index in [1.165, 1.54) is 16.9 Å². The molecule has 0 spiro atoms. The van der Waals surface area contributed by atoms with Crippen molar-refractivity contribution in [3.05, 3.63) is 44.9 Å². The number of hydrogen-bond donors (Lipinski definition) is 2. The van der Waals surface area contributed by atoms with Gasteiger partial charge in [-0.1, -0.05) is 23.7 Å². The quantitative estimate of drug-likeness (QED) is 0.914. The highest BCUT2D eigenvalue weighted by atomic mass is 35.5. The van der Waals surface area contributed by atoms with Crippen molar-refractivity contribution < 1.29 is 4.79 Å². The highest BCUT2D eigenvalue weighted by Gasteiger charge is 2.17. The number of fused-ring (bicyclic) bond motifs is 1. The minimum atomic E-state index is 0.0718. The zero-order valence-corrected chi connectivity index (χ0v) is 11.6. The number of aromatic nitrogens is 1. The van der Waals surface area contributed by atoms with E-state index >= 15 is 0 Å². The molecule has 1 aliphatic rings. The number of carbonyl (C=O) groups excluding carboxylic acids is 1. The highest BCUT2D eigenvalue weighted by molar-refractivity contribution is 7.15. The fourth-order valence-electron chi connectivity index (χ4n) is 2.14. The van der Waals surface area contributed by atoms with Gasteiger partial charge in [0.25, 0.3) is 0 Å². The standard InChI is InChI=1S/C13H12ClN3OS/c14-13-17-7-9(19-13)6-15-11-3-1-2-8-5-16-12(18)4-10(8)11/h1-3,7,15H,4-6H2,(H,16,18). The van der Waals surface area contributed by atoms with Crippen molar-refractivity contribution in [1.82, 2.24) is 10.3 Å². The fraction of sp³-hybridized carbons (Fsp3) is 0.231. The van der Waals surface area contributed by atoms with Gasteiger partial charge in [-0.3, -0.25) is 4.79 Å². The van der Waals surface area contributed by atoms with E-state index in [1.54, 1.807) is 6.20 Å². The summed E-state index contributed by atoms with van der Waals surface area (Å²) >= 11 is 7.26. The van der Waals surface area contributed by atoms with E-state index in [4.69, 9.17) is 11.6 Å². The molecule has 0 radical (unpaired) electrons. The smallest absolute Gasteiger partial charge is 0.224 e. The Morgan fingerprint density at radius 2 is 2.37 bits per heavy atom. The number of carbonyl (C=O) groups is 1. The third-order valence-electron chi connectivity index (χ3n) is 3.06. The minimum absolute atomic E-state index is 0.0718. The van der Waals surface area contributed by atoms with Crippen LogP contribution in [0.2, 0.25) is 4.47 Å². The third-order valence-corrected chi connectivity index (χ3v) is 4.18. The van der Waals surface area contributed by atoms with Crippen LogP contribution in [-0.4, -0.2) is 10.9 Å². The van der Waals surface area contributed by atoms with E-state index < -0.39 is 0 Å². The number of benzene rings is 1. The topological polar surface area (TPSA) is 54.0 Å². The molecule has 19 heavy (non-hydrogen) atoms. The van der Waals surface area contributed by atoms with Gasteiger partial charge in [0.2, 0.25) is 5.91 Å². The molecule has 0 bridgehead atoms. The number of amides is 1. The molecule has 0 saturated carbocycles. The molecule has 1 aromatic carbocycles. The van der Waals surface area contributed by atoms with E-state index in [0.717, 1.165) is 16.1 Å². The van der Waals surface area contributed by atoms with Gasteiger partial charge in [0.05, 0.1) is 13.0 Å². The van der Waals surface area contributed by atoms with Gasteiger partial charge >= 0.3 is 0 Å². The van der Waals surface area contributed by atoms with Crippen molar-refractivity contribution in [3.63, 3.8) is 0 Å². The van der Waals surface area contributed by atoms with Crippen LogP contribution in [0.3, 0.4) is 0 Å². The fourth-order valence-corrected chi connectivity index (χ4v) is 3.06. The summed E-state index contributed by atoms with van der Waals surface area (Å²) < 4.78 is 0.547. The van der Waals surface area contributed by atoms with Crippen LogP contribution in [-0.2, 0) is 24.3 Å². The Morgan fingerprint density at radius 1 is 1.47 bits per heavy atom. The van der Waals surface area contributed by atoms with Crippen LogP contribution in [0.4, 0.5) is 5.69 Å². The maximum atomic E-state index is 11.5. The van der Waals surface area contributed by atoms with Crippen molar-refractivity contribution in [2.45, 2.75) is 19.5 Å². The second-order valence-corrected chi connectivity index (χ2v) is 6.03. The van der Waals surface area contributed by atoms with Crippen LogP contribution in [0.1, 0.15) is 16.0 Å². The van der Waals surface area contributed by atoms with Gasteiger partial charge in [-0.15, -0.1) is 11.3 Å². The molecule has 0 saturated heterocycles. The Balaban J connectivity index is 1.79. The summed E-state index contributed by atoms with van der Waals surface area (Å²) in [5, 5.41) is 6.21. The minimum Gasteiger partial charge on any atom is -0.380 e. The first-order chi connectivity index (χ1) is 9.22. The number of rotatable bonds is 3. The van der Waals surface area contributed by atoms with E-state index in [9.17, 15) is 4.79 Å². The first-order valence-corrected chi connectivity index (χ1v) is 7.13. The Hall–Kier alpha value is -1.59. The summed E-state index contributed by atoms with van der Waals surface area (Å²) in [4.78, 5) is 16.6. The monoisotopic (exact) mass is 293 g/mol. The van der Waals surface area contributed by atoms with Crippen LogP contribution < -0.4 is 10.6 Å². The molecule has 3 rings (SSSR count). The van der Waals surface area contributed by atoms with Crippen LogP contribution in [0.5, 0.6) is 0 Å². The lowest BCUT2D eigenvalue weighted by Crippen LogP contribution is -2.30. The van der Waals surface area contributed by atoms with Crippen LogP contribution in [0.15, 0.2) is 24.4 Å². The van der Waals surface area contributed by atoms with Crippen molar-refractivity contribution in [2.24, 2.45) is 0 Å². The normalized spacial score (nSPS) is 13.8. The van der Waals surface area contributed by atoms with Gasteiger partial charge in [0.15, 0.2) is 4.47 Å². The van der Waals surface area contributed by atoms with Crippen LogP contribution in [0, 0.1) is 0 Å². The third kappa shape index (κ3) is 2.72. The molecule has 0 unspecified atom stereocenters. The Bertz CT molecular complexity index is 626. The van der Waals surface area contributed by atoms with Gasteiger partial charge in [0, 0.05) is 23.3 Å². The molecule has 0 aliphatic carbocycles. The van der Waals surface area contributed by atoms with E-state index in [-0.39, 0.29) is 5.91 Å². The molecule has 1 amide bonds. The van der Waals surface area contributed by atoms with Gasteiger partial charge in [-0.2, -0.15) is 0 Å². The summed E-state index contributed by atoms with van der Waals surface area (Å²) in [6.07, 6.45) is 2.20. The number of thiazole rings is 1. The maximum absolute atomic E-state index is 11.5. The zero-order valence-electron chi connectivity index (χ0n) is 10.1. The molecule has 1 aliphatic heterocycles. The number of halogens is 1. The molecule has 1 aromatic heterocycles. The first-order valence-electron chi connectivity index (χ1n) is 5.94.